The van der Waals surface area contributed by atoms with Crippen LogP contribution >= 0.6 is 0 Å². The monoisotopic (exact) mass is 697 g/mol. The number of hydrogen-bond acceptors (Lipinski definition) is 6. The van der Waals surface area contributed by atoms with E-state index in [0.29, 0.717) is 19.3 Å². The molecule has 2 aromatic rings. The van der Waals surface area contributed by atoms with E-state index in [1.807, 2.05) is 30.3 Å². The Balaban J connectivity index is 1.57. The van der Waals surface area contributed by atoms with Crippen LogP contribution in [0.25, 0.3) is 0 Å². The largest absolute Gasteiger partial charge is 0.416 e. The summed E-state index contributed by atoms with van der Waals surface area (Å²) < 4.78 is 41.4. The van der Waals surface area contributed by atoms with Gasteiger partial charge < -0.3 is 27.0 Å². The Morgan fingerprint density at radius 1 is 0.800 bits per heavy atom. The van der Waals surface area contributed by atoms with Crippen LogP contribution in [0.5, 0.6) is 0 Å². The minimum Gasteiger partial charge on any atom is -0.369 e. The van der Waals surface area contributed by atoms with E-state index in [4.69, 9.17) is 5.73 Å². The molecule has 11 nitrogen and oxygen atoms in total. The number of halogens is 3. The highest BCUT2D eigenvalue weighted by molar-refractivity contribution is 5.99. The highest BCUT2D eigenvalue weighted by atomic mass is 19.4. The van der Waals surface area contributed by atoms with Crippen molar-refractivity contribution in [2.45, 2.75) is 82.1 Å². The number of alkyl halides is 3. The average molecular weight is 698 g/mol. The molecule has 0 aromatic heterocycles. The lowest BCUT2D eigenvalue weighted by Crippen LogP contribution is -2.50. The molecule has 0 spiro atoms. The van der Waals surface area contributed by atoms with Gasteiger partial charge in [-0.05, 0) is 61.8 Å². The molecule has 6 N–H and O–H groups in total. The van der Waals surface area contributed by atoms with Crippen LogP contribution in [0.2, 0.25) is 0 Å². The van der Waals surface area contributed by atoms with Gasteiger partial charge in [-0.15, -0.1) is 0 Å². The van der Waals surface area contributed by atoms with Gasteiger partial charge in [0.05, 0.1) is 5.56 Å². The van der Waals surface area contributed by atoms with Crippen molar-refractivity contribution in [3.63, 3.8) is 0 Å². The van der Waals surface area contributed by atoms with Crippen LogP contribution in [-0.2, 0) is 47.8 Å². The smallest absolute Gasteiger partial charge is 0.369 e. The summed E-state index contributed by atoms with van der Waals surface area (Å²) in [6, 6.07) is 11.5. The summed E-state index contributed by atoms with van der Waals surface area (Å²) in [7, 11) is 0. The van der Waals surface area contributed by atoms with Gasteiger partial charge in [0.15, 0.2) is 5.78 Å². The Morgan fingerprint density at radius 3 is 2.24 bits per heavy atom. The fourth-order valence-corrected chi connectivity index (χ4v) is 6.35. The zero-order valence-electron chi connectivity index (χ0n) is 27.5. The Labute approximate surface area is 288 Å². The Kier molecular flexibility index (Phi) is 13.3. The summed E-state index contributed by atoms with van der Waals surface area (Å²) in [5.74, 6) is -4.72. The van der Waals surface area contributed by atoms with E-state index in [0.717, 1.165) is 23.8 Å². The van der Waals surface area contributed by atoms with E-state index in [2.05, 4.69) is 21.3 Å². The zero-order valence-corrected chi connectivity index (χ0v) is 27.5. The van der Waals surface area contributed by atoms with E-state index in [1.165, 1.54) is 18.2 Å². The number of ketones is 1. The third-order valence-corrected chi connectivity index (χ3v) is 9.01. The van der Waals surface area contributed by atoms with Crippen molar-refractivity contribution < 1.29 is 41.9 Å². The number of hydrogen-bond donors (Lipinski definition) is 5. The summed E-state index contributed by atoms with van der Waals surface area (Å²) in [4.78, 5) is 77.4. The number of nitrogens with two attached hydrogens (primary N) is 1. The number of carbonyl (C=O) groups excluding carboxylic acids is 6. The number of allylic oxidation sites excluding steroid dienone is 1. The first-order valence-corrected chi connectivity index (χ1v) is 16.7. The lowest BCUT2D eigenvalue weighted by atomic mass is 9.96. The normalized spacial score (nSPS) is 25.6. The number of nitrogens with one attached hydrogen (secondary N) is 4. The van der Waals surface area contributed by atoms with Crippen LogP contribution in [0.3, 0.4) is 0 Å². The molecule has 268 valence electrons. The van der Waals surface area contributed by atoms with Gasteiger partial charge in [-0.25, -0.2) is 0 Å². The summed E-state index contributed by atoms with van der Waals surface area (Å²) in [5.41, 5.74) is 5.27. The lowest BCUT2D eigenvalue weighted by molar-refractivity contribution is -0.138. The van der Waals surface area contributed by atoms with Crippen LogP contribution in [-0.4, -0.2) is 60.0 Å². The van der Waals surface area contributed by atoms with Crippen molar-refractivity contribution in [1.29, 1.82) is 0 Å². The van der Waals surface area contributed by atoms with Crippen molar-refractivity contribution in [3.05, 3.63) is 83.4 Å². The van der Waals surface area contributed by atoms with Crippen molar-refractivity contribution in [3.8, 4) is 0 Å². The van der Waals surface area contributed by atoms with Gasteiger partial charge in [-0.2, -0.15) is 13.2 Å². The Morgan fingerprint density at radius 2 is 1.52 bits per heavy atom. The molecule has 50 heavy (non-hydrogen) atoms. The molecule has 1 saturated carbocycles. The molecule has 5 amide bonds. The molecule has 0 unspecified atom stereocenters. The van der Waals surface area contributed by atoms with Crippen molar-refractivity contribution in [2.24, 2.45) is 17.6 Å². The Hall–Kier alpha value is -5.01. The van der Waals surface area contributed by atoms with Crippen LogP contribution in [0.1, 0.15) is 61.6 Å². The van der Waals surface area contributed by atoms with Crippen molar-refractivity contribution in [1.82, 2.24) is 21.3 Å². The summed E-state index contributed by atoms with van der Waals surface area (Å²) in [5, 5.41) is 11.0. The molecule has 1 fully saturated rings. The lowest BCUT2D eigenvalue weighted by Gasteiger charge is -2.23. The molecule has 5 atom stereocenters. The maximum Gasteiger partial charge on any atom is 0.416 e. The third kappa shape index (κ3) is 11.6. The first-order chi connectivity index (χ1) is 23.8. The molecule has 14 heteroatoms. The number of fused-ring (bicyclic) bond motifs is 2. The summed E-state index contributed by atoms with van der Waals surface area (Å²) >= 11 is 0. The quantitative estimate of drug-likeness (QED) is 0.321. The minimum absolute atomic E-state index is 0.0428. The first-order valence-electron chi connectivity index (χ1n) is 16.7. The average Bonchev–Trinajstić information content (AvgIpc) is 3.53. The van der Waals surface area contributed by atoms with Gasteiger partial charge in [0, 0.05) is 55.8 Å². The highest BCUT2D eigenvalue weighted by Gasteiger charge is 2.36. The van der Waals surface area contributed by atoms with Crippen LogP contribution in [0.4, 0.5) is 13.2 Å². The van der Waals surface area contributed by atoms with Gasteiger partial charge in [0.1, 0.15) is 6.04 Å². The maximum atomic E-state index is 13.8. The Bertz CT molecular complexity index is 1580. The predicted octanol–water partition coefficient (Wildman–Crippen LogP) is 2.66. The summed E-state index contributed by atoms with van der Waals surface area (Å²) in [6.45, 7) is 0.105. The molecule has 4 rings (SSSR count). The van der Waals surface area contributed by atoms with E-state index >= 15 is 0 Å². The molecular formula is C36H42F3N5O6. The molecule has 2 aliphatic rings. The minimum atomic E-state index is -4.71. The van der Waals surface area contributed by atoms with Crippen LogP contribution in [0.15, 0.2) is 66.7 Å². The molecule has 2 aromatic carbocycles. The first kappa shape index (κ1) is 37.8. The van der Waals surface area contributed by atoms with Crippen LogP contribution < -0.4 is 27.0 Å². The fourth-order valence-electron chi connectivity index (χ4n) is 6.35. The molecular weight excluding hydrogens is 655 g/mol. The van der Waals surface area contributed by atoms with Gasteiger partial charge in [0.25, 0.3) is 0 Å². The van der Waals surface area contributed by atoms with Crippen molar-refractivity contribution >= 4 is 35.3 Å². The second kappa shape index (κ2) is 17.6. The molecule has 0 radical (unpaired) electrons. The maximum absolute atomic E-state index is 13.8. The van der Waals surface area contributed by atoms with E-state index in [-0.39, 0.29) is 56.0 Å². The van der Waals surface area contributed by atoms with Gasteiger partial charge >= 0.3 is 6.18 Å². The van der Waals surface area contributed by atoms with Crippen LogP contribution in [0, 0.1) is 11.8 Å². The van der Waals surface area contributed by atoms with E-state index in [1.54, 1.807) is 0 Å². The number of amides is 5. The van der Waals surface area contributed by atoms with Gasteiger partial charge in [0.2, 0.25) is 29.5 Å². The number of benzene rings is 2. The third-order valence-electron chi connectivity index (χ3n) is 9.01. The number of primary amides is 1. The standard InChI is InChI=1S/C36H42F3N5O6/c37-36(38,39)29-9-5-4-8-24(29)20-30-35(50)42-26-12-10-25(19-26)34(49)43-27(18-22-6-2-1-3-7-22)21-32(47)41-17-16-23(33(40)48)11-13-28(45)14-15-31(46)44-30/h1-9,14-15,23,25-27,30H,10-13,16-21H2,(H2,40,48)(H,41,47)(H,42,50)(H,43,49)(H,44,46)/b15-14-/t23-,25+,26-,27+,30+/m0/s1. The molecule has 0 saturated heterocycles. The molecule has 1 heterocycles. The topological polar surface area (TPSA) is 177 Å². The van der Waals surface area contributed by atoms with E-state index in [9.17, 15) is 41.9 Å². The highest BCUT2D eigenvalue weighted by Crippen LogP contribution is 2.32. The van der Waals surface area contributed by atoms with E-state index < -0.39 is 71.6 Å². The molecule has 2 bridgehead atoms. The van der Waals surface area contributed by atoms with Gasteiger partial charge in [-0.3, -0.25) is 28.8 Å². The SMILES string of the molecule is NC(=O)[C@@H]1CCNC(=O)C[C@@H](Cc2ccccc2)NC(=O)[C@@H]2CC[C@@H](C2)NC(=O)[C@@H](Cc2ccccc2C(F)(F)F)NC(=O)/C=C\C(=O)CC1. The second-order valence-corrected chi connectivity index (χ2v) is 12.8. The predicted molar refractivity (Wildman–Crippen MR) is 177 cm³/mol. The zero-order chi connectivity index (χ0) is 36.3. The van der Waals surface area contributed by atoms with Crippen molar-refractivity contribution in [2.75, 3.05) is 6.54 Å². The number of carbonyl (C=O) groups is 6. The molecule has 1 aliphatic carbocycles. The van der Waals surface area contributed by atoms with Gasteiger partial charge in [-0.1, -0.05) is 48.5 Å². The number of rotatable bonds is 5. The fraction of sp³-hybridized carbons (Fsp3) is 0.444. The molecule has 1 aliphatic heterocycles. The summed E-state index contributed by atoms with van der Waals surface area (Å²) in [6.07, 6.45) is -1.91. The second-order valence-electron chi connectivity index (χ2n) is 12.8.